The number of benzene rings is 1. The Balaban J connectivity index is 2.38. The molecule has 0 spiro atoms. The van der Waals surface area contributed by atoms with Gasteiger partial charge in [-0.05, 0) is 44.0 Å². The highest BCUT2D eigenvalue weighted by atomic mass is 16.5. The highest BCUT2D eigenvalue weighted by Crippen LogP contribution is 2.14. The molecule has 18 heavy (non-hydrogen) atoms. The van der Waals surface area contributed by atoms with E-state index in [9.17, 15) is 4.79 Å². The monoisotopic (exact) mass is 250 g/mol. The smallest absolute Gasteiger partial charge is 0.162 e. The Labute approximate surface area is 109 Å². The number of hydrogen-bond donors (Lipinski definition) is 0. The van der Waals surface area contributed by atoms with Crippen LogP contribution in [-0.2, 0) is 4.74 Å². The molecule has 3 heteroatoms. The van der Waals surface area contributed by atoms with Gasteiger partial charge in [0.05, 0.1) is 6.61 Å². The fourth-order valence-corrected chi connectivity index (χ4v) is 1.58. The van der Waals surface area contributed by atoms with Crippen LogP contribution in [0.1, 0.15) is 43.5 Å². The maximum absolute atomic E-state index is 11.8. The molecule has 0 N–H and O–H groups in total. The summed E-state index contributed by atoms with van der Waals surface area (Å²) in [6.45, 7) is 6.09. The first-order chi connectivity index (χ1) is 8.77. The molecular formula is C15H22O3. The molecule has 0 unspecified atom stereocenters. The van der Waals surface area contributed by atoms with Crippen molar-refractivity contribution in [1.29, 1.82) is 0 Å². The molecule has 0 radical (unpaired) electrons. The van der Waals surface area contributed by atoms with E-state index in [2.05, 4.69) is 6.92 Å². The van der Waals surface area contributed by atoms with Gasteiger partial charge >= 0.3 is 0 Å². The van der Waals surface area contributed by atoms with E-state index >= 15 is 0 Å². The van der Waals surface area contributed by atoms with E-state index in [0.717, 1.165) is 24.2 Å². The summed E-state index contributed by atoms with van der Waals surface area (Å²) in [6.07, 6.45) is 2.30. The van der Waals surface area contributed by atoms with Crippen molar-refractivity contribution in [3.05, 3.63) is 29.8 Å². The fraction of sp³-hybridized carbons (Fsp3) is 0.533. The van der Waals surface area contributed by atoms with Gasteiger partial charge in [0.15, 0.2) is 5.78 Å². The summed E-state index contributed by atoms with van der Waals surface area (Å²) in [5, 5.41) is 0. The molecule has 0 aliphatic heterocycles. The molecule has 0 amide bonds. The number of Topliss-reactive ketones (excluding diaryl/α,β-unsaturated/α-hetero) is 1. The number of hydrogen-bond acceptors (Lipinski definition) is 3. The van der Waals surface area contributed by atoms with Crippen molar-refractivity contribution in [2.45, 2.75) is 33.1 Å². The van der Waals surface area contributed by atoms with E-state index < -0.39 is 0 Å². The number of carbonyl (C=O) groups excluding carboxylic acids is 1. The van der Waals surface area contributed by atoms with Gasteiger partial charge in [0.25, 0.3) is 0 Å². The second-order valence-corrected chi connectivity index (χ2v) is 4.10. The van der Waals surface area contributed by atoms with Gasteiger partial charge in [-0.15, -0.1) is 0 Å². The van der Waals surface area contributed by atoms with Crippen LogP contribution in [0.4, 0.5) is 0 Å². The molecular weight excluding hydrogens is 228 g/mol. The Kier molecular flexibility index (Phi) is 7.11. The van der Waals surface area contributed by atoms with Gasteiger partial charge in [0, 0.05) is 25.2 Å². The Morgan fingerprint density at radius 2 is 1.83 bits per heavy atom. The van der Waals surface area contributed by atoms with Gasteiger partial charge in [-0.25, -0.2) is 0 Å². The van der Waals surface area contributed by atoms with E-state index in [-0.39, 0.29) is 5.78 Å². The maximum Gasteiger partial charge on any atom is 0.162 e. The first-order valence-corrected chi connectivity index (χ1v) is 6.61. The zero-order chi connectivity index (χ0) is 13.2. The molecule has 3 nitrogen and oxygen atoms in total. The Bertz CT molecular complexity index is 343. The topological polar surface area (TPSA) is 35.5 Å². The van der Waals surface area contributed by atoms with E-state index in [1.807, 2.05) is 31.2 Å². The lowest BCUT2D eigenvalue weighted by Crippen LogP contribution is -2.02. The van der Waals surface area contributed by atoms with Gasteiger partial charge in [-0.3, -0.25) is 4.79 Å². The van der Waals surface area contributed by atoms with Gasteiger partial charge in [0.1, 0.15) is 5.75 Å². The number of rotatable bonds is 9. The van der Waals surface area contributed by atoms with Crippen LogP contribution in [0.5, 0.6) is 5.75 Å². The van der Waals surface area contributed by atoms with Crippen LogP contribution in [0.3, 0.4) is 0 Å². The van der Waals surface area contributed by atoms with E-state index in [4.69, 9.17) is 9.47 Å². The summed E-state index contributed by atoms with van der Waals surface area (Å²) in [5.41, 5.74) is 0.746. The minimum absolute atomic E-state index is 0.164. The molecule has 0 bridgehead atoms. The third-order valence-electron chi connectivity index (χ3n) is 2.55. The van der Waals surface area contributed by atoms with Crippen molar-refractivity contribution < 1.29 is 14.3 Å². The molecule has 1 aromatic rings. The van der Waals surface area contributed by atoms with Crippen molar-refractivity contribution in [2.75, 3.05) is 19.8 Å². The Morgan fingerprint density at radius 1 is 1.11 bits per heavy atom. The largest absolute Gasteiger partial charge is 0.494 e. The van der Waals surface area contributed by atoms with Gasteiger partial charge in [-0.2, -0.15) is 0 Å². The lowest BCUT2D eigenvalue weighted by Gasteiger charge is -2.05. The summed E-state index contributed by atoms with van der Waals surface area (Å²) in [7, 11) is 0. The normalized spacial score (nSPS) is 10.3. The summed E-state index contributed by atoms with van der Waals surface area (Å²) in [5.74, 6) is 0.986. The van der Waals surface area contributed by atoms with Crippen molar-refractivity contribution >= 4 is 5.78 Å². The lowest BCUT2D eigenvalue weighted by molar-refractivity contribution is 0.0947. The van der Waals surface area contributed by atoms with Crippen molar-refractivity contribution in [1.82, 2.24) is 0 Å². The van der Waals surface area contributed by atoms with Crippen molar-refractivity contribution in [2.24, 2.45) is 0 Å². The fourth-order valence-electron chi connectivity index (χ4n) is 1.58. The highest BCUT2D eigenvalue weighted by Gasteiger charge is 2.05. The first-order valence-electron chi connectivity index (χ1n) is 6.61. The zero-order valence-electron chi connectivity index (χ0n) is 11.3. The lowest BCUT2D eigenvalue weighted by atomic mass is 10.1. The maximum atomic E-state index is 11.8. The average Bonchev–Trinajstić information content (AvgIpc) is 2.41. The number of carbonyl (C=O) groups is 1. The van der Waals surface area contributed by atoms with E-state index in [1.165, 1.54) is 0 Å². The summed E-state index contributed by atoms with van der Waals surface area (Å²) in [6, 6.07) is 7.36. The van der Waals surface area contributed by atoms with Crippen LogP contribution in [-0.4, -0.2) is 25.6 Å². The predicted molar refractivity (Wildman–Crippen MR) is 72.3 cm³/mol. The number of ether oxygens (including phenoxy) is 2. The molecule has 0 fully saturated rings. The van der Waals surface area contributed by atoms with Crippen LogP contribution >= 0.6 is 0 Å². The average molecular weight is 250 g/mol. The Morgan fingerprint density at radius 3 is 2.44 bits per heavy atom. The van der Waals surface area contributed by atoms with Crippen molar-refractivity contribution in [3.63, 3.8) is 0 Å². The summed E-state index contributed by atoms with van der Waals surface area (Å²) < 4.78 is 10.7. The summed E-state index contributed by atoms with van der Waals surface area (Å²) in [4.78, 5) is 11.8. The quantitative estimate of drug-likeness (QED) is 0.497. The molecule has 0 saturated carbocycles. The SMILES string of the molecule is CCCOc1ccc(C(=O)CCCOCC)cc1. The summed E-state index contributed by atoms with van der Waals surface area (Å²) >= 11 is 0. The minimum Gasteiger partial charge on any atom is -0.494 e. The molecule has 1 aromatic carbocycles. The molecule has 0 aliphatic carbocycles. The van der Waals surface area contributed by atoms with E-state index in [0.29, 0.717) is 26.2 Å². The Hall–Kier alpha value is -1.35. The van der Waals surface area contributed by atoms with Crippen molar-refractivity contribution in [3.8, 4) is 5.75 Å². The van der Waals surface area contributed by atoms with Crippen LogP contribution in [0.25, 0.3) is 0 Å². The predicted octanol–water partition coefficient (Wildman–Crippen LogP) is 3.47. The zero-order valence-corrected chi connectivity index (χ0v) is 11.3. The third kappa shape index (κ3) is 5.32. The van der Waals surface area contributed by atoms with Crippen LogP contribution in [0.15, 0.2) is 24.3 Å². The van der Waals surface area contributed by atoms with Crippen LogP contribution in [0, 0.1) is 0 Å². The van der Waals surface area contributed by atoms with E-state index in [1.54, 1.807) is 0 Å². The second-order valence-electron chi connectivity index (χ2n) is 4.10. The molecule has 0 aromatic heterocycles. The number of ketones is 1. The first kappa shape index (κ1) is 14.7. The molecule has 1 rings (SSSR count). The molecule has 0 atom stereocenters. The third-order valence-corrected chi connectivity index (χ3v) is 2.55. The molecule has 0 aliphatic rings. The highest BCUT2D eigenvalue weighted by molar-refractivity contribution is 5.96. The van der Waals surface area contributed by atoms with Crippen LogP contribution in [0.2, 0.25) is 0 Å². The van der Waals surface area contributed by atoms with Gasteiger partial charge in [0.2, 0.25) is 0 Å². The molecule has 0 saturated heterocycles. The standard InChI is InChI=1S/C15H22O3/c1-3-11-18-14-9-7-13(8-10-14)15(16)6-5-12-17-4-2/h7-10H,3-6,11-12H2,1-2H3. The van der Waals surface area contributed by atoms with Crippen LogP contribution < -0.4 is 4.74 Å². The minimum atomic E-state index is 0.164. The van der Waals surface area contributed by atoms with Gasteiger partial charge < -0.3 is 9.47 Å². The second kappa shape index (κ2) is 8.70. The van der Waals surface area contributed by atoms with Gasteiger partial charge in [-0.1, -0.05) is 6.92 Å². The molecule has 100 valence electrons. The molecule has 0 heterocycles.